The summed E-state index contributed by atoms with van der Waals surface area (Å²) in [6, 6.07) is 5.59. The number of rotatable bonds is 1. The van der Waals surface area contributed by atoms with E-state index in [0.29, 0.717) is 11.3 Å². The molecular formula is C9H7N3O. The van der Waals surface area contributed by atoms with Crippen LogP contribution >= 0.6 is 0 Å². The number of methoxy groups -OCH3 is 1. The van der Waals surface area contributed by atoms with Crippen molar-refractivity contribution < 1.29 is 4.74 Å². The van der Waals surface area contributed by atoms with Gasteiger partial charge >= 0.3 is 0 Å². The summed E-state index contributed by atoms with van der Waals surface area (Å²) in [6.07, 6.45) is 3.41. The van der Waals surface area contributed by atoms with E-state index in [4.69, 9.17) is 10.00 Å². The first-order chi connectivity index (χ1) is 6.36. The van der Waals surface area contributed by atoms with E-state index in [2.05, 4.69) is 11.2 Å². The molecule has 2 rings (SSSR count). The Kier molecular flexibility index (Phi) is 1.64. The van der Waals surface area contributed by atoms with Gasteiger partial charge in [0, 0.05) is 6.20 Å². The number of pyridine rings is 1. The average Bonchev–Trinajstić information content (AvgIpc) is 2.63. The van der Waals surface area contributed by atoms with Gasteiger partial charge in [0.25, 0.3) is 0 Å². The van der Waals surface area contributed by atoms with E-state index >= 15 is 0 Å². The molecule has 0 radical (unpaired) electrons. The van der Waals surface area contributed by atoms with Crippen LogP contribution in [-0.2, 0) is 0 Å². The van der Waals surface area contributed by atoms with Gasteiger partial charge in [-0.15, -0.1) is 0 Å². The molecule has 0 bridgehead atoms. The highest BCUT2D eigenvalue weighted by molar-refractivity contribution is 5.65. The molecule has 0 aliphatic heterocycles. The maximum absolute atomic E-state index is 8.89. The summed E-state index contributed by atoms with van der Waals surface area (Å²) in [5, 5.41) is 12.9. The largest absolute Gasteiger partial charge is 0.495 e. The lowest BCUT2D eigenvalue weighted by Crippen LogP contribution is -1.93. The minimum Gasteiger partial charge on any atom is -0.495 e. The van der Waals surface area contributed by atoms with Gasteiger partial charge in [-0.2, -0.15) is 10.4 Å². The highest BCUT2D eigenvalue weighted by atomic mass is 16.5. The Bertz CT molecular complexity index is 481. The molecular weight excluding hydrogens is 166 g/mol. The minimum atomic E-state index is 0.516. The maximum atomic E-state index is 8.89. The van der Waals surface area contributed by atoms with E-state index in [1.165, 1.54) is 0 Å². The molecule has 2 aromatic rings. The zero-order valence-corrected chi connectivity index (χ0v) is 7.06. The Morgan fingerprint density at radius 2 is 2.38 bits per heavy atom. The summed E-state index contributed by atoms with van der Waals surface area (Å²) >= 11 is 0. The SMILES string of the molecule is COc1ccn2nccc2c1C#N. The Hall–Kier alpha value is -2.02. The van der Waals surface area contributed by atoms with Gasteiger partial charge in [-0.25, -0.2) is 4.52 Å². The molecule has 0 aliphatic rings. The zero-order chi connectivity index (χ0) is 9.26. The van der Waals surface area contributed by atoms with Crippen LogP contribution in [-0.4, -0.2) is 16.7 Å². The molecule has 0 saturated carbocycles. The molecule has 13 heavy (non-hydrogen) atoms. The Balaban J connectivity index is 2.84. The van der Waals surface area contributed by atoms with Crippen LogP contribution in [0.5, 0.6) is 5.75 Å². The van der Waals surface area contributed by atoms with Gasteiger partial charge in [0.15, 0.2) is 0 Å². The summed E-state index contributed by atoms with van der Waals surface area (Å²) in [6.45, 7) is 0. The molecule has 0 saturated heterocycles. The number of ether oxygens (including phenoxy) is 1. The first-order valence-electron chi connectivity index (χ1n) is 3.77. The highest BCUT2D eigenvalue weighted by Gasteiger charge is 2.07. The number of nitrogens with zero attached hydrogens (tertiary/aromatic N) is 3. The Morgan fingerprint density at radius 1 is 1.54 bits per heavy atom. The lowest BCUT2D eigenvalue weighted by molar-refractivity contribution is 0.413. The number of hydrogen-bond acceptors (Lipinski definition) is 3. The van der Waals surface area contributed by atoms with Crippen molar-refractivity contribution in [3.05, 3.63) is 30.1 Å². The predicted molar refractivity (Wildman–Crippen MR) is 46.5 cm³/mol. The van der Waals surface area contributed by atoms with Gasteiger partial charge in [0.1, 0.15) is 17.4 Å². The van der Waals surface area contributed by atoms with E-state index in [1.807, 2.05) is 0 Å². The standard InChI is InChI=1S/C9H7N3O/c1-13-9-3-5-12-8(2-4-11-12)7(9)6-10/h2-5H,1H3. The van der Waals surface area contributed by atoms with E-state index in [0.717, 1.165) is 5.52 Å². The average molecular weight is 173 g/mol. The normalized spacial score (nSPS) is 9.85. The second kappa shape index (κ2) is 2.79. The topological polar surface area (TPSA) is 50.3 Å². The first kappa shape index (κ1) is 7.62. The Morgan fingerprint density at radius 3 is 3.08 bits per heavy atom. The summed E-state index contributed by atoms with van der Waals surface area (Å²) < 4.78 is 6.69. The quantitative estimate of drug-likeness (QED) is 0.651. The summed E-state index contributed by atoms with van der Waals surface area (Å²) in [7, 11) is 1.54. The molecule has 64 valence electrons. The Labute approximate surface area is 75.0 Å². The van der Waals surface area contributed by atoms with Crippen molar-refractivity contribution in [3.63, 3.8) is 0 Å². The molecule has 4 heteroatoms. The fraction of sp³-hybridized carbons (Fsp3) is 0.111. The first-order valence-corrected chi connectivity index (χ1v) is 3.77. The maximum Gasteiger partial charge on any atom is 0.140 e. The van der Waals surface area contributed by atoms with Crippen LogP contribution in [0.2, 0.25) is 0 Å². The third kappa shape index (κ3) is 1.02. The monoisotopic (exact) mass is 173 g/mol. The van der Waals surface area contributed by atoms with Crippen LogP contribution in [0.3, 0.4) is 0 Å². The lowest BCUT2D eigenvalue weighted by atomic mass is 10.2. The number of fused-ring (bicyclic) bond motifs is 1. The molecule has 2 aromatic heterocycles. The van der Waals surface area contributed by atoms with Crippen LogP contribution in [0, 0.1) is 11.3 Å². The van der Waals surface area contributed by atoms with Crippen molar-refractivity contribution in [2.24, 2.45) is 0 Å². The molecule has 0 fully saturated rings. The molecule has 0 amide bonds. The van der Waals surface area contributed by atoms with Crippen LogP contribution in [0.25, 0.3) is 5.52 Å². The molecule has 0 atom stereocenters. The minimum absolute atomic E-state index is 0.516. The fourth-order valence-corrected chi connectivity index (χ4v) is 1.26. The smallest absolute Gasteiger partial charge is 0.140 e. The second-order valence-corrected chi connectivity index (χ2v) is 2.53. The van der Waals surface area contributed by atoms with Gasteiger partial charge in [0.2, 0.25) is 0 Å². The van der Waals surface area contributed by atoms with E-state index in [-0.39, 0.29) is 0 Å². The van der Waals surface area contributed by atoms with Crippen molar-refractivity contribution in [1.29, 1.82) is 5.26 Å². The number of hydrogen-bond donors (Lipinski definition) is 0. The van der Waals surface area contributed by atoms with Crippen LogP contribution in [0.15, 0.2) is 24.5 Å². The van der Waals surface area contributed by atoms with Gasteiger partial charge < -0.3 is 4.74 Å². The van der Waals surface area contributed by atoms with Crippen molar-refractivity contribution in [1.82, 2.24) is 9.61 Å². The van der Waals surface area contributed by atoms with E-state index in [9.17, 15) is 0 Å². The molecule has 0 N–H and O–H groups in total. The number of nitriles is 1. The lowest BCUT2D eigenvalue weighted by Gasteiger charge is -2.02. The van der Waals surface area contributed by atoms with Crippen molar-refractivity contribution >= 4 is 5.52 Å². The van der Waals surface area contributed by atoms with E-state index in [1.54, 1.807) is 36.2 Å². The predicted octanol–water partition coefficient (Wildman–Crippen LogP) is 1.21. The zero-order valence-electron chi connectivity index (χ0n) is 7.06. The molecule has 0 unspecified atom stereocenters. The molecule has 4 nitrogen and oxygen atoms in total. The van der Waals surface area contributed by atoms with Crippen LogP contribution < -0.4 is 4.74 Å². The molecule has 0 aromatic carbocycles. The summed E-state index contributed by atoms with van der Waals surface area (Å²) in [5.41, 5.74) is 1.28. The summed E-state index contributed by atoms with van der Waals surface area (Å²) in [4.78, 5) is 0. The van der Waals surface area contributed by atoms with Crippen molar-refractivity contribution in [2.75, 3.05) is 7.11 Å². The van der Waals surface area contributed by atoms with Gasteiger partial charge in [-0.3, -0.25) is 0 Å². The number of aromatic nitrogens is 2. The fourth-order valence-electron chi connectivity index (χ4n) is 1.26. The highest BCUT2D eigenvalue weighted by Crippen LogP contribution is 2.21. The summed E-state index contributed by atoms with van der Waals surface area (Å²) in [5.74, 6) is 0.579. The van der Waals surface area contributed by atoms with Gasteiger partial charge in [-0.05, 0) is 12.1 Å². The molecule has 2 heterocycles. The molecule has 0 spiro atoms. The molecule has 0 aliphatic carbocycles. The van der Waals surface area contributed by atoms with E-state index < -0.39 is 0 Å². The van der Waals surface area contributed by atoms with Crippen molar-refractivity contribution in [2.45, 2.75) is 0 Å². The third-order valence-corrected chi connectivity index (χ3v) is 1.87. The second-order valence-electron chi connectivity index (χ2n) is 2.53. The van der Waals surface area contributed by atoms with Gasteiger partial charge in [0.05, 0.1) is 18.8 Å². The van der Waals surface area contributed by atoms with Gasteiger partial charge in [-0.1, -0.05) is 0 Å². The van der Waals surface area contributed by atoms with Crippen LogP contribution in [0.1, 0.15) is 5.56 Å². The third-order valence-electron chi connectivity index (χ3n) is 1.87. The van der Waals surface area contributed by atoms with Crippen LogP contribution in [0.4, 0.5) is 0 Å². The van der Waals surface area contributed by atoms with Crippen molar-refractivity contribution in [3.8, 4) is 11.8 Å².